The summed E-state index contributed by atoms with van der Waals surface area (Å²) < 4.78 is 44.1. The Morgan fingerprint density at radius 3 is 1.68 bits per heavy atom. The van der Waals surface area contributed by atoms with Crippen LogP contribution in [0.15, 0.2) is 0 Å². The van der Waals surface area contributed by atoms with Gasteiger partial charge < -0.3 is 29.8 Å². The van der Waals surface area contributed by atoms with Gasteiger partial charge in [-0.05, 0) is 0 Å². The number of hydrogen-bond donors (Lipinski definition) is 6. The molecule has 0 rings (SSSR count). The van der Waals surface area contributed by atoms with Gasteiger partial charge in [0.25, 0.3) is 0 Å². The summed E-state index contributed by atoms with van der Waals surface area (Å²) in [5, 5.41) is 17.5. The monoisotopic (exact) mass is 389 g/mol. The largest absolute Gasteiger partial charge is 0.490 e. The summed E-state index contributed by atoms with van der Waals surface area (Å²) in [4.78, 5) is 36.1. The highest BCUT2D eigenvalue weighted by atomic mass is 31.3. The first-order chi connectivity index (χ1) is 9.91. The van der Waals surface area contributed by atoms with Crippen LogP contribution >= 0.6 is 23.5 Å². The standard InChI is InChI=1S/C6H18NO12P3/c8-4-1-7(2-5-9)3-6-17-21(13,14)19-22(15,16)18-20(10,11)12/h8-9H,1-6H2,(H,13,14)(H,15,16)(H2,10,11,12). The van der Waals surface area contributed by atoms with Crippen molar-refractivity contribution in [3.05, 3.63) is 0 Å². The van der Waals surface area contributed by atoms with Crippen LogP contribution in [0.25, 0.3) is 0 Å². The van der Waals surface area contributed by atoms with E-state index in [0.717, 1.165) is 0 Å². The zero-order valence-electron chi connectivity index (χ0n) is 11.2. The Kier molecular flexibility index (Phi) is 9.68. The van der Waals surface area contributed by atoms with Crippen LogP contribution in [0.1, 0.15) is 0 Å². The smallest absolute Gasteiger partial charge is 0.395 e. The van der Waals surface area contributed by atoms with Gasteiger partial charge >= 0.3 is 23.5 Å². The molecule has 0 aromatic heterocycles. The van der Waals surface area contributed by atoms with Crippen molar-refractivity contribution >= 4 is 23.5 Å². The summed E-state index contributed by atoms with van der Waals surface area (Å²) in [7, 11) is -16.1. The molecule has 0 saturated heterocycles. The Hall–Kier alpha value is 0.290. The lowest BCUT2D eigenvalue weighted by Gasteiger charge is -2.21. The van der Waals surface area contributed by atoms with Crippen LogP contribution in [0.5, 0.6) is 0 Å². The lowest BCUT2D eigenvalue weighted by Crippen LogP contribution is -2.32. The molecular formula is C6H18NO12P3. The maximum absolute atomic E-state index is 11.3. The van der Waals surface area contributed by atoms with Gasteiger partial charge in [-0.2, -0.15) is 8.62 Å². The van der Waals surface area contributed by atoms with Gasteiger partial charge in [0.1, 0.15) is 0 Å². The highest BCUT2D eigenvalue weighted by Gasteiger charge is 2.40. The third-order valence-electron chi connectivity index (χ3n) is 1.91. The number of hydrogen-bond acceptors (Lipinski definition) is 9. The molecule has 2 atom stereocenters. The average Bonchev–Trinajstić information content (AvgIpc) is 2.23. The van der Waals surface area contributed by atoms with E-state index in [1.807, 2.05) is 0 Å². The quantitative estimate of drug-likeness (QED) is 0.213. The Morgan fingerprint density at radius 2 is 1.27 bits per heavy atom. The van der Waals surface area contributed by atoms with Crippen molar-refractivity contribution < 1.29 is 56.6 Å². The van der Waals surface area contributed by atoms with Crippen LogP contribution in [0.2, 0.25) is 0 Å². The summed E-state index contributed by atoms with van der Waals surface area (Å²) >= 11 is 0. The molecule has 0 heterocycles. The summed E-state index contributed by atoms with van der Waals surface area (Å²) in [6, 6.07) is 0. The second-order valence-electron chi connectivity index (χ2n) is 3.71. The van der Waals surface area contributed by atoms with Crippen molar-refractivity contribution in [2.75, 3.05) is 39.5 Å². The Labute approximate surface area is 125 Å². The molecule has 0 saturated carbocycles. The normalized spacial score (nSPS) is 18.1. The van der Waals surface area contributed by atoms with Gasteiger partial charge in [-0.25, -0.2) is 13.7 Å². The van der Waals surface area contributed by atoms with E-state index in [1.165, 1.54) is 4.90 Å². The molecule has 13 nitrogen and oxygen atoms in total. The third-order valence-corrected chi connectivity index (χ3v) is 5.75. The summed E-state index contributed by atoms with van der Waals surface area (Å²) in [6.07, 6.45) is 0. The topological polar surface area (TPSA) is 204 Å². The Morgan fingerprint density at radius 1 is 0.773 bits per heavy atom. The lowest BCUT2D eigenvalue weighted by atomic mass is 10.4. The zero-order valence-corrected chi connectivity index (χ0v) is 13.8. The van der Waals surface area contributed by atoms with E-state index in [0.29, 0.717) is 0 Å². The van der Waals surface area contributed by atoms with Crippen LogP contribution in [-0.2, 0) is 26.8 Å². The van der Waals surface area contributed by atoms with Crippen LogP contribution in [0.3, 0.4) is 0 Å². The molecule has 0 fully saturated rings. The predicted molar refractivity (Wildman–Crippen MR) is 70.4 cm³/mol. The minimum absolute atomic E-state index is 0.0376. The second kappa shape index (κ2) is 9.55. The fourth-order valence-corrected chi connectivity index (χ4v) is 4.21. The SMILES string of the molecule is O=P(O)(O)OP(=O)(O)OP(=O)(O)OCCN(CCO)CCO. The van der Waals surface area contributed by atoms with Gasteiger partial charge in [0.15, 0.2) is 0 Å². The number of phosphoric ester groups is 1. The van der Waals surface area contributed by atoms with E-state index in [2.05, 4.69) is 13.1 Å². The van der Waals surface area contributed by atoms with Crippen LogP contribution in [-0.4, -0.2) is 74.1 Å². The highest BCUT2D eigenvalue weighted by molar-refractivity contribution is 7.66. The lowest BCUT2D eigenvalue weighted by molar-refractivity contribution is 0.124. The molecule has 0 aromatic rings. The van der Waals surface area contributed by atoms with Gasteiger partial charge in [-0.3, -0.25) is 9.42 Å². The number of phosphoric acid groups is 3. The molecule has 0 amide bonds. The number of nitrogens with zero attached hydrogens (tertiary/aromatic N) is 1. The molecule has 0 spiro atoms. The van der Waals surface area contributed by atoms with Gasteiger partial charge in [0.2, 0.25) is 0 Å². The fraction of sp³-hybridized carbons (Fsp3) is 1.00. The van der Waals surface area contributed by atoms with E-state index >= 15 is 0 Å². The van der Waals surface area contributed by atoms with Crippen molar-refractivity contribution in [2.45, 2.75) is 0 Å². The number of aliphatic hydroxyl groups excluding tert-OH is 2. The third kappa shape index (κ3) is 11.8. The van der Waals surface area contributed by atoms with Gasteiger partial charge in [0, 0.05) is 19.6 Å². The predicted octanol–water partition coefficient (Wildman–Crippen LogP) is -1.38. The molecule has 0 radical (unpaired) electrons. The van der Waals surface area contributed by atoms with E-state index in [4.69, 9.17) is 29.8 Å². The van der Waals surface area contributed by atoms with Crippen LogP contribution in [0, 0.1) is 0 Å². The first kappa shape index (κ1) is 22.3. The summed E-state index contributed by atoms with van der Waals surface area (Å²) in [5.41, 5.74) is 0. The Bertz CT molecular complexity index is 458. The van der Waals surface area contributed by atoms with E-state index in [9.17, 15) is 13.7 Å². The molecular weight excluding hydrogens is 371 g/mol. The maximum Gasteiger partial charge on any atom is 0.490 e. The summed E-state index contributed by atoms with van der Waals surface area (Å²) in [5.74, 6) is 0. The molecule has 0 aliphatic heterocycles. The molecule has 22 heavy (non-hydrogen) atoms. The van der Waals surface area contributed by atoms with Crippen molar-refractivity contribution in [1.29, 1.82) is 0 Å². The number of aliphatic hydroxyl groups is 2. The van der Waals surface area contributed by atoms with Crippen molar-refractivity contribution in [3.8, 4) is 0 Å². The average molecular weight is 389 g/mol. The Balaban J connectivity index is 4.43. The minimum atomic E-state index is -5.52. The molecule has 0 aliphatic rings. The van der Waals surface area contributed by atoms with Crippen molar-refractivity contribution in [1.82, 2.24) is 4.90 Å². The molecule has 0 bridgehead atoms. The zero-order chi connectivity index (χ0) is 17.4. The van der Waals surface area contributed by atoms with E-state index in [1.54, 1.807) is 0 Å². The molecule has 2 unspecified atom stereocenters. The second-order valence-corrected chi connectivity index (χ2v) is 8.13. The summed E-state index contributed by atoms with van der Waals surface area (Å²) in [6.45, 7) is -0.737. The molecule has 134 valence electrons. The fourth-order valence-electron chi connectivity index (χ4n) is 1.21. The van der Waals surface area contributed by atoms with Crippen molar-refractivity contribution in [2.24, 2.45) is 0 Å². The molecule has 6 N–H and O–H groups in total. The highest BCUT2D eigenvalue weighted by Crippen LogP contribution is 2.66. The molecule has 16 heteroatoms. The van der Waals surface area contributed by atoms with Gasteiger partial charge in [-0.1, -0.05) is 0 Å². The van der Waals surface area contributed by atoms with E-state index in [-0.39, 0.29) is 32.8 Å². The molecule has 0 aliphatic carbocycles. The van der Waals surface area contributed by atoms with Crippen LogP contribution in [0.4, 0.5) is 0 Å². The van der Waals surface area contributed by atoms with Gasteiger partial charge in [0.05, 0.1) is 19.8 Å². The first-order valence-electron chi connectivity index (χ1n) is 5.63. The first-order valence-corrected chi connectivity index (χ1v) is 10.2. The molecule has 0 aromatic carbocycles. The van der Waals surface area contributed by atoms with Crippen LogP contribution < -0.4 is 0 Å². The minimum Gasteiger partial charge on any atom is -0.395 e. The van der Waals surface area contributed by atoms with E-state index < -0.39 is 30.1 Å². The maximum atomic E-state index is 11.3. The van der Waals surface area contributed by atoms with Gasteiger partial charge in [-0.15, -0.1) is 0 Å². The van der Waals surface area contributed by atoms with Crippen molar-refractivity contribution in [3.63, 3.8) is 0 Å². The number of rotatable bonds is 12.